The van der Waals surface area contributed by atoms with Gasteiger partial charge in [0.25, 0.3) is 0 Å². The number of hydrogen-bond donors (Lipinski definition) is 1. The van der Waals surface area contributed by atoms with Gasteiger partial charge in [0.1, 0.15) is 5.75 Å². The molecule has 0 aliphatic rings. The Morgan fingerprint density at radius 2 is 1.24 bits per heavy atom. The molecular weight excluding hydrogens is 594 g/mol. The maximum absolute atomic E-state index is 12.8. The van der Waals surface area contributed by atoms with Crippen LogP contribution in [-0.4, -0.2) is 30.6 Å². The monoisotopic (exact) mass is 616 g/mol. The Morgan fingerprint density at radius 1 is 0.780 bits per heavy atom. The fourth-order valence-electron chi connectivity index (χ4n) is 3.53. The van der Waals surface area contributed by atoms with Crippen LogP contribution < -0.4 is 4.74 Å². The summed E-state index contributed by atoms with van der Waals surface area (Å²) in [5.74, 6) is -0.567. The number of rotatable bonds is 7. The zero-order chi connectivity index (χ0) is 30.5. The number of carbonyl (C=O) groups is 2. The summed E-state index contributed by atoms with van der Waals surface area (Å²) >= 11 is 2.20. The predicted molar refractivity (Wildman–Crippen MR) is 144 cm³/mol. The Morgan fingerprint density at radius 3 is 1.68 bits per heavy atom. The number of carbonyl (C=O) groups excluding carboxylic acids is 2. The van der Waals surface area contributed by atoms with Crippen LogP contribution >= 0.6 is 22.7 Å². The van der Waals surface area contributed by atoms with E-state index in [-0.39, 0.29) is 45.9 Å². The topological polar surface area (TPSA) is 72.8 Å². The van der Waals surface area contributed by atoms with Crippen molar-refractivity contribution < 1.29 is 50.5 Å². The SMILES string of the molecule is CC(=O)c1csc(-c2cccc(C(F)(F)F)c2)c1O.COCOc1c(C(C)=O)csc1-c1cccc(C(F)(F)F)c1. The van der Waals surface area contributed by atoms with E-state index in [1.165, 1.54) is 44.5 Å². The van der Waals surface area contributed by atoms with E-state index in [1.54, 1.807) is 11.4 Å². The fraction of sp³-hybridized carbons (Fsp3) is 0.214. The quantitative estimate of drug-likeness (QED) is 0.128. The Labute approximate surface area is 238 Å². The van der Waals surface area contributed by atoms with Gasteiger partial charge in [-0.25, -0.2) is 0 Å². The third-order valence-electron chi connectivity index (χ3n) is 5.49. The van der Waals surface area contributed by atoms with Crippen LogP contribution in [0.2, 0.25) is 0 Å². The molecule has 0 radical (unpaired) electrons. The number of hydrogen-bond acceptors (Lipinski definition) is 7. The van der Waals surface area contributed by atoms with Gasteiger partial charge in [0.05, 0.1) is 32.0 Å². The maximum Gasteiger partial charge on any atom is 0.416 e. The molecule has 4 aromatic rings. The third-order valence-corrected chi connectivity index (χ3v) is 7.52. The summed E-state index contributed by atoms with van der Waals surface area (Å²) < 4.78 is 86.5. The van der Waals surface area contributed by atoms with Crippen LogP contribution in [0.5, 0.6) is 11.5 Å². The van der Waals surface area contributed by atoms with Gasteiger partial charge < -0.3 is 14.6 Å². The molecule has 0 spiro atoms. The summed E-state index contributed by atoms with van der Waals surface area (Å²) in [5, 5.41) is 12.9. The van der Waals surface area contributed by atoms with E-state index in [9.17, 15) is 41.0 Å². The highest BCUT2D eigenvalue weighted by Gasteiger charge is 2.32. The average Bonchev–Trinajstić information content (AvgIpc) is 3.51. The molecule has 4 rings (SSSR count). The molecule has 0 bridgehead atoms. The summed E-state index contributed by atoms with van der Waals surface area (Å²) in [6, 6.07) is 9.55. The first-order chi connectivity index (χ1) is 19.1. The van der Waals surface area contributed by atoms with E-state index >= 15 is 0 Å². The summed E-state index contributed by atoms with van der Waals surface area (Å²) in [6.45, 7) is 2.57. The summed E-state index contributed by atoms with van der Waals surface area (Å²) in [4.78, 5) is 23.5. The molecule has 0 amide bonds. The van der Waals surface area contributed by atoms with Crippen LogP contribution in [0.4, 0.5) is 26.3 Å². The van der Waals surface area contributed by atoms with Crippen LogP contribution in [0.1, 0.15) is 45.7 Å². The normalized spacial score (nSPS) is 11.5. The van der Waals surface area contributed by atoms with Gasteiger partial charge in [-0.1, -0.05) is 24.3 Å². The number of thiophene rings is 2. The van der Waals surface area contributed by atoms with Gasteiger partial charge >= 0.3 is 12.4 Å². The summed E-state index contributed by atoms with van der Waals surface area (Å²) in [6.07, 6.45) is -8.86. The van der Waals surface area contributed by atoms with E-state index in [0.717, 1.165) is 46.9 Å². The van der Waals surface area contributed by atoms with Crippen molar-refractivity contribution in [1.29, 1.82) is 0 Å². The highest BCUT2D eigenvalue weighted by atomic mass is 32.1. The summed E-state index contributed by atoms with van der Waals surface area (Å²) in [5.41, 5.74) is -0.502. The van der Waals surface area contributed by atoms with Crippen LogP contribution in [0.15, 0.2) is 59.3 Å². The van der Waals surface area contributed by atoms with Crippen molar-refractivity contribution in [3.8, 4) is 32.4 Å². The molecule has 1 N–H and O–H groups in total. The highest BCUT2D eigenvalue weighted by Crippen LogP contribution is 2.42. The van der Waals surface area contributed by atoms with Crippen LogP contribution in [0.25, 0.3) is 20.9 Å². The maximum atomic E-state index is 12.8. The Bertz CT molecular complexity index is 1540. The number of aromatic hydroxyl groups is 1. The number of ether oxygens (including phenoxy) is 2. The van der Waals surface area contributed by atoms with Gasteiger partial charge in [-0.3, -0.25) is 9.59 Å². The van der Waals surface area contributed by atoms with E-state index < -0.39 is 23.5 Å². The molecule has 0 fully saturated rings. The molecule has 0 atom stereocenters. The van der Waals surface area contributed by atoms with E-state index in [4.69, 9.17) is 9.47 Å². The van der Waals surface area contributed by atoms with Crippen molar-refractivity contribution in [2.45, 2.75) is 26.2 Å². The van der Waals surface area contributed by atoms with Crippen molar-refractivity contribution in [1.82, 2.24) is 0 Å². The first-order valence-corrected chi connectivity index (χ1v) is 13.3. The van der Waals surface area contributed by atoms with E-state index in [2.05, 4.69) is 0 Å². The number of alkyl halides is 6. The lowest BCUT2D eigenvalue weighted by atomic mass is 10.1. The summed E-state index contributed by atoms with van der Waals surface area (Å²) in [7, 11) is 1.42. The second kappa shape index (κ2) is 12.9. The zero-order valence-corrected chi connectivity index (χ0v) is 23.3. The molecule has 2 aromatic carbocycles. The van der Waals surface area contributed by atoms with Crippen molar-refractivity contribution in [2.24, 2.45) is 0 Å². The van der Waals surface area contributed by atoms with E-state index in [0.29, 0.717) is 16.0 Å². The van der Waals surface area contributed by atoms with Gasteiger partial charge in [0, 0.05) is 17.9 Å². The minimum atomic E-state index is -4.44. The van der Waals surface area contributed by atoms with Gasteiger partial charge in [-0.05, 0) is 49.2 Å². The average molecular weight is 617 g/mol. The first-order valence-electron chi connectivity index (χ1n) is 11.6. The molecule has 2 heterocycles. The second-order valence-electron chi connectivity index (χ2n) is 8.46. The lowest BCUT2D eigenvalue weighted by Gasteiger charge is -2.10. The Hall–Kier alpha value is -3.68. The van der Waals surface area contributed by atoms with Crippen molar-refractivity contribution >= 4 is 34.2 Å². The number of ketones is 2. The van der Waals surface area contributed by atoms with Crippen molar-refractivity contribution in [3.05, 3.63) is 81.5 Å². The highest BCUT2D eigenvalue weighted by molar-refractivity contribution is 7.14. The predicted octanol–water partition coefficient (Wildman–Crippen LogP) is 8.96. The molecule has 0 aliphatic carbocycles. The standard InChI is InChI=1S/C15H13F3O3S.C13H9F3O2S/c1-9(19)12-7-22-14(13(12)21-8-20-2)10-4-3-5-11(6-10)15(16,17)18;1-7(17)10-6-19-12(11(10)18)8-3-2-4-9(5-8)13(14,15)16/h3-7H,8H2,1-2H3;2-6,18H,1H3. The van der Waals surface area contributed by atoms with Gasteiger partial charge in [0.2, 0.25) is 0 Å². The molecule has 218 valence electrons. The second-order valence-corrected chi connectivity index (χ2v) is 10.2. The molecule has 5 nitrogen and oxygen atoms in total. The smallest absolute Gasteiger partial charge is 0.416 e. The van der Waals surface area contributed by atoms with Crippen LogP contribution in [0.3, 0.4) is 0 Å². The molecule has 0 aliphatic heterocycles. The number of halogens is 6. The minimum Gasteiger partial charge on any atom is -0.506 e. The molecule has 13 heteroatoms. The largest absolute Gasteiger partial charge is 0.506 e. The van der Waals surface area contributed by atoms with Crippen molar-refractivity contribution in [2.75, 3.05) is 13.9 Å². The fourth-order valence-corrected chi connectivity index (χ4v) is 5.58. The Balaban J connectivity index is 0.000000228. The van der Waals surface area contributed by atoms with Crippen molar-refractivity contribution in [3.63, 3.8) is 0 Å². The number of Topliss-reactive ketones (excluding diaryl/α,β-unsaturated/α-hetero) is 2. The molecule has 41 heavy (non-hydrogen) atoms. The molecular formula is C28H22F6O5S2. The van der Waals surface area contributed by atoms with E-state index in [1.807, 2.05) is 0 Å². The molecule has 2 aromatic heterocycles. The molecule has 0 unspecified atom stereocenters. The van der Waals surface area contributed by atoms with Gasteiger partial charge in [-0.15, -0.1) is 22.7 Å². The van der Waals surface area contributed by atoms with Crippen LogP contribution in [-0.2, 0) is 17.1 Å². The number of benzene rings is 2. The van der Waals surface area contributed by atoms with Crippen LogP contribution in [0, 0.1) is 0 Å². The van der Waals surface area contributed by atoms with Gasteiger partial charge in [-0.2, -0.15) is 26.3 Å². The lowest BCUT2D eigenvalue weighted by Crippen LogP contribution is -2.05. The molecule has 0 saturated heterocycles. The minimum absolute atomic E-state index is 0.0943. The molecule has 0 saturated carbocycles. The first kappa shape index (κ1) is 31.8. The zero-order valence-electron chi connectivity index (χ0n) is 21.6. The Kier molecular flexibility index (Phi) is 10.0. The lowest BCUT2D eigenvalue weighted by molar-refractivity contribution is -0.138. The number of methoxy groups -OCH3 is 1. The third kappa shape index (κ3) is 7.75. The van der Waals surface area contributed by atoms with Gasteiger partial charge in [0.15, 0.2) is 24.1 Å².